The van der Waals surface area contributed by atoms with Gasteiger partial charge >= 0.3 is 0 Å². The number of piperidine rings is 1. The Morgan fingerprint density at radius 1 is 1.22 bits per heavy atom. The van der Waals surface area contributed by atoms with E-state index < -0.39 is 0 Å². The number of aromatic nitrogens is 1. The lowest BCUT2D eigenvalue weighted by Crippen LogP contribution is -2.43. The van der Waals surface area contributed by atoms with Gasteiger partial charge in [-0.3, -0.25) is 9.59 Å². The van der Waals surface area contributed by atoms with Crippen LogP contribution >= 0.6 is 11.6 Å². The molecule has 2 unspecified atom stereocenters. The minimum Gasteiger partial charge on any atom is -0.497 e. The lowest BCUT2D eigenvalue weighted by molar-refractivity contribution is -0.344. The van der Waals surface area contributed by atoms with Gasteiger partial charge < -0.3 is 9.64 Å². The van der Waals surface area contributed by atoms with Crippen molar-refractivity contribution < 1.29 is 19.3 Å². The third-order valence-electron chi connectivity index (χ3n) is 6.17. The van der Waals surface area contributed by atoms with Crippen molar-refractivity contribution >= 4 is 34.7 Å². The number of carbonyl (C=O) groups excluding carboxylic acids is 2. The van der Waals surface area contributed by atoms with Gasteiger partial charge in [0.25, 0.3) is 5.91 Å². The molecule has 6 heteroatoms. The number of nitrogens with zero attached hydrogens (tertiary/aromatic N) is 1. The van der Waals surface area contributed by atoms with Crippen LogP contribution in [0, 0.1) is 11.8 Å². The van der Waals surface area contributed by atoms with Crippen LogP contribution in [0.15, 0.2) is 54.7 Å². The van der Waals surface area contributed by atoms with Gasteiger partial charge in [0.2, 0.25) is 5.52 Å². The summed E-state index contributed by atoms with van der Waals surface area (Å²) in [5, 5.41) is 1.57. The fourth-order valence-corrected chi connectivity index (χ4v) is 4.19. The molecule has 0 aliphatic carbocycles. The van der Waals surface area contributed by atoms with Crippen molar-refractivity contribution in [2.24, 2.45) is 11.8 Å². The first kappa shape index (κ1) is 23.7. The van der Waals surface area contributed by atoms with E-state index in [-0.39, 0.29) is 5.91 Å². The van der Waals surface area contributed by atoms with Gasteiger partial charge in [0.15, 0.2) is 6.20 Å². The number of methoxy groups -OCH3 is 1. The number of benzene rings is 2. The Bertz CT molecular complexity index is 1070. The van der Waals surface area contributed by atoms with E-state index in [1.165, 1.54) is 0 Å². The zero-order valence-electron chi connectivity index (χ0n) is 18.8. The standard InChI is InChI=1S/C19H24N2O2.C7H5ClO/c1-4-14-12-21(10-8-13(14)2)19(22)16-7-9-20-18-6-5-15(23-3)11-17(16)18;8-7-3-1-6(5-9)2-4-7/h5-7,9,11,13-14H,4,8,10,12H2,1-3H3;1-5H/p+1. The predicted octanol–water partition coefficient (Wildman–Crippen LogP) is 5.32. The molecular weight excluding hydrogens is 424 g/mol. The van der Waals surface area contributed by atoms with Crippen molar-refractivity contribution in [2.45, 2.75) is 26.7 Å². The summed E-state index contributed by atoms with van der Waals surface area (Å²) in [4.78, 5) is 28.3. The summed E-state index contributed by atoms with van der Waals surface area (Å²) < 4.78 is 5.31. The number of hydrogen-bond acceptors (Lipinski definition) is 3. The number of pyridine rings is 1. The van der Waals surface area contributed by atoms with E-state index in [0.29, 0.717) is 22.4 Å². The number of aromatic amines is 1. The number of halogens is 1. The van der Waals surface area contributed by atoms with E-state index >= 15 is 0 Å². The number of hydrogen-bond donors (Lipinski definition) is 0. The van der Waals surface area contributed by atoms with E-state index in [1.807, 2.05) is 35.4 Å². The number of fused-ring (bicyclic) bond motifs is 1. The number of nitrogens with one attached hydrogen (secondary N) is 1. The highest BCUT2D eigenvalue weighted by molar-refractivity contribution is 6.30. The second-order valence-corrected chi connectivity index (χ2v) is 8.59. The molecule has 0 bridgehead atoms. The number of H-pyrrole nitrogens is 1. The third-order valence-corrected chi connectivity index (χ3v) is 6.42. The molecular formula is C26H30ClN2O3+. The highest BCUT2D eigenvalue weighted by Crippen LogP contribution is 2.28. The quantitative estimate of drug-likeness (QED) is 0.502. The zero-order valence-corrected chi connectivity index (χ0v) is 19.6. The number of amides is 1. The Balaban J connectivity index is 0.000000269. The summed E-state index contributed by atoms with van der Waals surface area (Å²) in [6, 6.07) is 14.4. The molecule has 32 heavy (non-hydrogen) atoms. The first-order valence-electron chi connectivity index (χ1n) is 10.9. The van der Waals surface area contributed by atoms with Crippen LogP contribution < -0.4 is 9.72 Å². The fraction of sp³-hybridized carbons (Fsp3) is 0.346. The summed E-state index contributed by atoms with van der Waals surface area (Å²) in [6.45, 7) is 6.22. The van der Waals surface area contributed by atoms with E-state index in [4.69, 9.17) is 16.3 Å². The van der Waals surface area contributed by atoms with Crippen molar-refractivity contribution in [1.82, 2.24) is 4.90 Å². The van der Waals surface area contributed by atoms with E-state index in [9.17, 15) is 9.59 Å². The Hall–Kier alpha value is -2.92. The van der Waals surface area contributed by atoms with Crippen molar-refractivity contribution in [3.63, 3.8) is 0 Å². The molecule has 2 heterocycles. The molecule has 1 aromatic heterocycles. The average molecular weight is 454 g/mol. The van der Waals surface area contributed by atoms with Crippen LogP contribution in [-0.4, -0.2) is 37.3 Å². The van der Waals surface area contributed by atoms with Gasteiger partial charge in [-0.05, 0) is 42.5 Å². The second-order valence-electron chi connectivity index (χ2n) is 8.16. The fourth-order valence-electron chi connectivity index (χ4n) is 4.07. The number of rotatable bonds is 4. The number of likely N-dealkylation sites (tertiary alicyclic amines) is 1. The number of aldehydes is 1. The van der Waals surface area contributed by atoms with Gasteiger partial charge in [0, 0.05) is 35.8 Å². The molecule has 4 rings (SSSR count). The van der Waals surface area contributed by atoms with E-state index in [2.05, 4.69) is 18.8 Å². The summed E-state index contributed by atoms with van der Waals surface area (Å²) in [7, 11) is 1.65. The van der Waals surface area contributed by atoms with E-state index in [0.717, 1.165) is 54.4 Å². The average Bonchev–Trinajstić information content (AvgIpc) is 2.84. The molecule has 0 spiro atoms. The minimum atomic E-state index is 0.127. The van der Waals surface area contributed by atoms with Crippen molar-refractivity contribution in [3.8, 4) is 5.75 Å². The SMILES string of the molecule is CCC1CN(C(=O)c2cc[nH+]c3ccc(OC)cc23)CCC1C.O=Cc1ccc(Cl)cc1. The van der Waals surface area contributed by atoms with Gasteiger partial charge in [-0.1, -0.05) is 44.0 Å². The molecule has 1 fully saturated rings. The first-order chi connectivity index (χ1) is 15.5. The Morgan fingerprint density at radius 2 is 1.97 bits per heavy atom. The highest BCUT2D eigenvalue weighted by atomic mass is 35.5. The summed E-state index contributed by atoms with van der Waals surface area (Å²) in [5.74, 6) is 2.20. The molecule has 0 radical (unpaired) electrons. The normalized spacial score (nSPS) is 17.9. The number of carbonyl (C=O) groups is 2. The predicted molar refractivity (Wildman–Crippen MR) is 127 cm³/mol. The van der Waals surface area contributed by atoms with Gasteiger partial charge in [0.05, 0.1) is 18.1 Å². The molecule has 1 amide bonds. The van der Waals surface area contributed by atoms with Crippen LogP contribution in [0.1, 0.15) is 47.4 Å². The van der Waals surface area contributed by atoms with Gasteiger partial charge in [-0.2, -0.15) is 0 Å². The van der Waals surface area contributed by atoms with Crippen molar-refractivity contribution in [1.29, 1.82) is 0 Å². The second kappa shape index (κ2) is 11.1. The maximum Gasteiger partial charge on any atom is 0.254 e. The maximum atomic E-state index is 13.1. The minimum absolute atomic E-state index is 0.127. The molecule has 0 saturated carbocycles. The van der Waals surface area contributed by atoms with Crippen LogP contribution in [0.5, 0.6) is 5.75 Å². The molecule has 3 aromatic rings. The van der Waals surface area contributed by atoms with E-state index in [1.54, 1.807) is 31.4 Å². The first-order valence-corrected chi connectivity index (χ1v) is 11.3. The van der Waals surface area contributed by atoms with Gasteiger partial charge in [-0.25, -0.2) is 4.98 Å². The molecule has 5 nitrogen and oxygen atoms in total. The Kier molecular flexibility index (Phi) is 8.23. The summed E-state index contributed by atoms with van der Waals surface area (Å²) >= 11 is 5.55. The largest absolute Gasteiger partial charge is 0.497 e. The van der Waals surface area contributed by atoms with Crippen molar-refractivity contribution in [3.05, 3.63) is 70.9 Å². The molecule has 1 aliphatic heterocycles. The molecule has 1 saturated heterocycles. The Labute approximate surface area is 194 Å². The summed E-state index contributed by atoms with van der Waals surface area (Å²) in [6.07, 6.45) is 4.84. The van der Waals surface area contributed by atoms with Crippen LogP contribution in [0.2, 0.25) is 5.02 Å². The van der Waals surface area contributed by atoms with Crippen LogP contribution in [-0.2, 0) is 0 Å². The molecule has 168 valence electrons. The monoisotopic (exact) mass is 453 g/mol. The maximum absolute atomic E-state index is 13.1. The smallest absolute Gasteiger partial charge is 0.254 e. The summed E-state index contributed by atoms with van der Waals surface area (Å²) in [5.41, 5.74) is 2.36. The van der Waals surface area contributed by atoms with Crippen molar-refractivity contribution in [2.75, 3.05) is 20.2 Å². The molecule has 1 aliphatic rings. The lowest BCUT2D eigenvalue weighted by atomic mass is 9.85. The molecule has 2 atom stereocenters. The number of ether oxygens (including phenoxy) is 1. The molecule has 1 N–H and O–H groups in total. The Morgan fingerprint density at radius 3 is 2.62 bits per heavy atom. The van der Waals surface area contributed by atoms with Crippen LogP contribution in [0.3, 0.4) is 0 Å². The topological polar surface area (TPSA) is 60.8 Å². The van der Waals surface area contributed by atoms with Crippen LogP contribution in [0.4, 0.5) is 0 Å². The molecule has 2 aromatic carbocycles. The zero-order chi connectivity index (χ0) is 23.1. The third kappa shape index (κ3) is 5.65. The van der Waals surface area contributed by atoms with Gasteiger partial charge in [-0.15, -0.1) is 0 Å². The van der Waals surface area contributed by atoms with Crippen LogP contribution in [0.25, 0.3) is 10.9 Å². The lowest BCUT2D eigenvalue weighted by Gasteiger charge is -2.36. The highest BCUT2D eigenvalue weighted by Gasteiger charge is 2.29. The van der Waals surface area contributed by atoms with Gasteiger partial charge in [0.1, 0.15) is 12.0 Å².